The highest BCUT2D eigenvalue weighted by Crippen LogP contribution is 2.30. The van der Waals surface area contributed by atoms with Gasteiger partial charge < -0.3 is 29.8 Å². The minimum Gasteiger partial charge on any atom is -0.493 e. The summed E-state index contributed by atoms with van der Waals surface area (Å²) in [5.74, 6) is 1.93. The number of furan rings is 1. The van der Waals surface area contributed by atoms with Gasteiger partial charge in [-0.25, -0.2) is 0 Å². The molecule has 0 unspecified atom stereocenters. The van der Waals surface area contributed by atoms with E-state index in [9.17, 15) is 4.79 Å². The van der Waals surface area contributed by atoms with Gasteiger partial charge in [-0.3, -0.25) is 9.79 Å². The van der Waals surface area contributed by atoms with E-state index in [1.165, 1.54) is 6.26 Å². The summed E-state index contributed by atoms with van der Waals surface area (Å²) in [4.78, 5) is 15.9. The van der Waals surface area contributed by atoms with Crippen molar-refractivity contribution >= 4 is 41.5 Å². The molecule has 0 saturated carbocycles. The summed E-state index contributed by atoms with van der Waals surface area (Å²) in [5.41, 5.74) is 0.804. The van der Waals surface area contributed by atoms with E-state index in [0.717, 1.165) is 5.69 Å². The SMILES string of the molecule is CCOc1ccc(NC(=NC)NCCNC(=O)c2ccco2)cc1OC.I. The van der Waals surface area contributed by atoms with E-state index in [1.807, 2.05) is 25.1 Å². The van der Waals surface area contributed by atoms with E-state index in [0.29, 0.717) is 37.2 Å². The first kappa shape index (κ1) is 22.6. The van der Waals surface area contributed by atoms with E-state index in [2.05, 4.69) is 20.9 Å². The Balaban J connectivity index is 0.00000364. The van der Waals surface area contributed by atoms with Gasteiger partial charge in [0.1, 0.15) is 0 Å². The Morgan fingerprint density at radius 3 is 2.59 bits per heavy atom. The van der Waals surface area contributed by atoms with Crippen LogP contribution in [-0.4, -0.2) is 45.7 Å². The molecule has 0 saturated heterocycles. The Kier molecular flexibility index (Phi) is 10.1. The van der Waals surface area contributed by atoms with Gasteiger partial charge in [-0.1, -0.05) is 0 Å². The molecule has 2 aromatic rings. The number of hydrogen-bond acceptors (Lipinski definition) is 5. The van der Waals surface area contributed by atoms with Crippen molar-refractivity contribution in [3.63, 3.8) is 0 Å². The standard InChI is InChI=1S/C18H24N4O4.HI/c1-4-25-14-8-7-13(12-16(14)24-3)22-18(19-2)21-10-9-20-17(23)15-6-5-11-26-15;/h5-8,11-12H,4,9-10H2,1-3H3,(H,20,23)(H2,19,21,22);1H. The van der Waals surface area contributed by atoms with Gasteiger partial charge in [-0.2, -0.15) is 0 Å². The first-order valence-electron chi connectivity index (χ1n) is 8.28. The molecule has 0 aliphatic carbocycles. The number of carbonyl (C=O) groups excluding carboxylic acids is 1. The molecule has 8 nitrogen and oxygen atoms in total. The molecule has 0 bridgehead atoms. The largest absolute Gasteiger partial charge is 0.493 e. The van der Waals surface area contributed by atoms with Crippen molar-refractivity contribution in [2.45, 2.75) is 6.92 Å². The Morgan fingerprint density at radius 1 is 1.19 bits per heavy atom. The maximum Gasteiger partial charge on any atom is 0.287 e. The van der Waals surface area contributed by atoms with Crippen molar-refractivity contribution in [2.24, 2.45) is 4.99 Å². The van der Waals surface area contributed by atoms with Crippen LogP contribution < -0.4 is 25.4 Å². The van der Waals surface area contributed by atoms with Gasteiger partial charge in [0.05, 0.1) is 20.0 Å². The molecule has 9 heteroatoms. The Labute approximate surface area is 175 Å². The molecule has 1 aromatic carbocycles. The van der Waals surface area contributed by atoms with Gasteiger partial charge in [-0.15, -0.1) is 24.0 Å². The Hall–Kier alpha value is -2.43. The quantitative estimate of drug-likeness (QED) is 0.229. The molecular weight excluding hydrogens is 463 g/mol. The second-order valence-corrected chi connectivity index (χ2v) is 5.16. The van der Waals surface area contributed by atoms with Crippen LogP contribution in [0.25, 0.3) is 0 Å². The van der Waals surface area contributed by atoms with E-state index in [-0.39, 0.29) is 35.6 Å². The van der Waals surface area contributed by atoms with E-state index >= 15 is 0 Å². The van der Waals surface area contributed by atoms with E-state index < -0.39 is 0 Å². The maximum absolute atomic E-state index is 11.8. The molecule has 0 fully saturated rings. The molecule has 1 aromatic heterocycles. The van der Waals surface area contributed by atoms with Crippen LogP contribution in [0.1, 0.15) is 17.5 Å². The fraction of sp³-hybridized carbons (Fsp3) is 0.333. The Bertz CT molecular complexity index is 735. The molecule has 0 aliphatic heterocycles. The number of methoxy groups -OCH3 is 1. The molecule has 1 heterocycles. The molecule has 0 atom stereocenters. The smallest absolute Gasteiger partial charge is 0.287 e. The minimum absolute atomic E-state index is 0. The fourth-order valence-corrected chi connectivity index (χ4v) is 2.19. The van der Waals surface area contributed by atoms with Gasteiger partial charge in [0, 0.05) is 31.9 Å². The first-order valence-corrected chi connectivity index (χ1v) is 8.28. The highest BCUT2D eigenvalue weighted by molar-refractivity contribution is 14.0. The fourth-order valence-electron chi connectivity index (χ4n) is 2.19. The average Bonchev–Trinajstić information content (AvgIpc) is 3.20. The Morgan fingerprint density at radius 2 is 1.96 bits per heavy atom. The van der Waals surface area contributed by atoms with Crippen LogP contribution in [0, 0.1) is 0 Å². The van der Waals surface area contributed by atoms with Crippen molar-refractivity contribution in [1.82, 2.24) is 10.6 Å². The predicted molar refractivity (Wildman–Crippen MR) is 116 cm³/mol. The molecule has 0 aliphatic rings. The number of ether oxygens (including phenoxy) is 2. The summed E-state index contributed by atoms with van der Waals surface area (Å²) in [5, 5.41) is 9.03. The number of benzene rings is 1. The number of hydrogen-bond donors (Lipinski definition) is 3. The zero-order chi connectivity index (χ0) is 18.8. The monoisotopic (exact) mass is 488 g/mol. The maximum atomic E-state index is 11.8. The van der Waals surface area contributed by atoms with E-state index in [4.69, 9.17) is 13.9 Å². The van der Waals surface area contributed by atoms with Crippen molar-refractivity contribution in [1.29, 1.82) is 0 Å². The molecule has 0 spiro atoms. The molecule has 1 amide bonds. The molecule has 27 heavy (non-hydrogen) atoms. The third-order valence-electron chi connectivity index (χ3n) is 3.40. The van der Waals surface area contributed by atoms with Gasteiger partial charge in [-0.05, 0) is 31.2 Å². The number of anilines is 1. The van der Waals surface area contributed by atoms with Crippen molar-refractivity contribution < 1.29 is 18.7 Å². The third-order valence-corrected chi connectivity index (χ3v) is 3.40. The lowest BCUT2D eigenvalue weighted by molar-refractivity contribution is 0.0926. The second kappa shape index (κ2) is 12.0. The predicted octanol–water partition coefficient (Wildman–Crippen LogP) is 2.72. The number of carbonyl (C=O) groups is 1. The zero-order valence-electron chi connectivity index (χ0n) is 15.6. The minimum atomic E-state index is -0.254. The second-order valence-electron chi connectivity index (χ2n) is 5.16. The highest BCUT2D eigenvalue weighted by Gasteiger charge is 2.08. The van der Waals surface area contributed by atoms with E-state index in [1.54, 1.807) is 26.3 Å². The van der Waals surface area contributed by atoms with Gasteiger partial charge in [0.15, 0.2) is 23.2 Å². The molecule has 3 N–H and O–H groups in total. The van der Waals surface area contributed by atoms with Crippen molar-refractivity contribution in [3.05, 3.63) is 42.4 Å². The number of nitrogens with one attached hydrogen (secondary N) is 3. The molecule has 148 valence electrons. The van der Waals surface area contributed by atoms with Crippen LogP contribution in [-0.2, 0) is 0 Å². The lowest BCUT2D eigenvalue weighted by atomic mass is 10.2. The summed E-state index contributed by atoms with van der Waals surface area (Å²) in [7, 11) is 3.26. The third kappa shape index (κ3) is 7.00. The van der Waals surface area contributed by atoms with Gasteiger partial charge in [0.25, 0.3) is 5.91 Å². The lowest BCUT2D eigenvalue weighted by Gasteiger charge is -2.14. The highest BCUT2D eigenvalue weighted by atomic mass is 127. The summed E-state index contributed by atoms with van der Waals surface area (Å²) in [6, 6.07) is 8.82. The van der Waals surface area contributed by atoms with Crippen LogP contribution in [0.3, 0.4) is 0 Å². The van der Waals surface area contributed by atoms with Gasteiger partial charge in [0.2, 0.25) is 0 Å². The van der Waals surface area contributed by atoms with Crippen LogP contribution in [0.5, 0.6) is 11.5 Å². The normalized spacial score (nSPS) is 10.6. The van der Waals surface area contributed by atoms with Crippen LogP contribution in [0.4, 0.5) is 5.69 Å². The number of amides is 1. The average molecular weight is 488 g/mol. The number of halogens is 1. The molecule has 2 rings (SSSR count). The summed E-state index contributed by atoms with van der Waals surface area (Å²) < 4.78 is 15.9. The van der Waals surface area contributed by atoms with Crippen molar-refractivity contribution in [2.75, 3.05) is 39.2 Å². The summed E-state index contributed by atoms with van der Waals surface area (Å²) in [6.45, 7) is 3.41. The number of nitrogens with zero attached hydrogens (tertiary/aromatic N) is 1. The van der Waals surface area contributed by atoms with Crippen LogP contribution >= 0.6 is 24.0 Å². The van der Waals surface area contributed by atoms with Gasteiger partial charge >= 0.3 is 0 Å². The topological polar surface area (TPSA) is 97.1 Å². The summed E-state index contributed by atoms with van der Waals surface area (Å²) >= 11 is 0. The zero-order valence-corrected chi connectivity index (χ0v) is 17.9. The number of aliphatic imine (C=N–C) groups is 1. The number of rotatable bonds is 8. The molecule has 0 radical (unpaired) electrons. The lowest BCUT2D eigenvalue weighted by Crippen LogP contribution is -2.37. The summed E-state index contributed by atoms with van der Waals surface area (Å²) in [6.07, 6.45) is 1.46. The van der Waals surface area contributed by atoms with Crippen LogP contribution in [0.15, 0.2) is 46.0 Å². The number of guanidine groups is 1. The molecular formula is C18H25IN4O4. The first-order chi connectivity index (χ1) is 12.7. The van der Waals surface area contributed by atoms with Crippen molar-refractivity contribution in [3.8, 4) is 11.5 Å². The van der Waals surface area contributed by atoms with Crippen LogP contribution in [0.2, 0.25) is 0 Å².